The zero-order chi connectivity index (χ0) is 11.8. The first-order valence-electron chi connectivity index (χ1n) is 6.37. The van der Waals surface area contributed by atoms with E-state index in [2.05, 4.69) is 21.6 Å². The molecule has 0 aliphatic carbocycles. The Morgan fingerprint density at radius 2 is 2.00 bits per heavy atom. The summed E-state index contributed by atoms with van der Waals surface area (Å²) in [5, 5.41) is 4.39. The van der Waals surface area contributed by atoms with Gasteiger partial charge in [-0.15, -0.1) is 0 Å². The number of hydrogen-bond acceptors (Lipinski definition) is 4. The molecule has 0 radical (unpaired) electrons. The van der Waals surface area contributed by atoms with Crippen LogP contribution in [0.4, 0.5) is 5.69 Å². The van der Waals surface area contributed by atoms with Crippen molar-refractivity contribution >= 4 is 5.69 Å². The predicted molar refractivity (Wildman–Crippen MR) is 65.8 cm³/mol. The molecule has 3 rings (SSSR count). The van der Waals surface area contributed by atoms with E-state index in [1.807, 2.05) is 0 Å². The van der Waals surface area contributed by atoms with Crippen molar-refractivity contribution in [2.24, 2.45) is 0 Å². The van der Waals surface area contributed by atoms with Gasteiger partial charge in [0.1, 0.15) is 0 Å². The molecule has 2 fully saturated rings. The molecule has 2 saturated heterocycles. The van der Waals surface area contributed by atoms with Crippen molar-refractivity contribution in [1.82, 2.24) is 14.7 Å². The maximum Gasteiger partial charge on any atom is 0.0730 e. The maximum absolute atomic E-state index is 5.84. The number of hydrogen-bond donors (Lipinski definition) is 1. The van der Waals surface area contributed by atoms with Crippen molar-refractivity contribution in [3.8, 4) is 0 Å². The molecular weight excluding hydrogens is 216 g/mol. The summed E-state index contributed by atoms with van der Waals surface area (Å²) in [6, 6.07) is 1.18. The third-order valence-electron chi connectivity index (χ3n) is 4.06. The molecule has 2 aliphatic rings. The largest absolute Gasteiger partial charge is 0.396 e. The van der Waals surface area contributed by atoms with Gasteiger partial charge >= 0.3 is 0 Å². The normalized spacial score (nSPS) is 23.8. The van der Waals surface area contributed by atoms with Crippen molar-refractivity contribution in [2.75, 3.05) is 32.0 Å². The lowest BCUT2D eigenvalue weighted by atomic mass is 10.0. The number of nitrogens with zero attached hydrogens (tertiary/aromatic N) is 3. The van der Waals surface area contributed by atoms with Gasteiger partial charge in [0, 0.05) is 13.1 Å². The van der Waals surface area contributed by atoms with Crippen LogP contribution in [-0.4, -0.2) is 47.0 Å². The summed E-state index contributed by atoms with van der Waals surface area (Å²) in [4.78, 5) is 2.54. The summed E-state index contributed by atoms with van der Waals surface area (Å²) >= 11 is 0. The first-order valence-corrected chi connectivity index (χ1v) is 6.37. The van der Waals surface area contributed by atoms with Gasteiger partial charge in [0.05, 0.1) is 42.9 Å². The van der Waals surface area contributed by atoms with Crippen molar-refractivity contribution in [3.05, 3.63) is 11.9 Å². The van der Waals surface area contributed by atoms with E-state index in [4.69, 9.17) is 10.5 Å². The van der Waals surface area contributed by atoms with Crippen LogP contribution >= 0.6 is 0 Å². The molecule has 3 heterocycles. The molecule has 0 bridgehead atoms. The minimum absolute atomic E-state index is 0.518. The molecule has 5 heteroatoms. The van der Waals surface area contributed by atoms with Crippen molar-refractivity contribution in [2.45, 2.75) is 31.8 Å². The van der Waals surface area contributed by atoms with Gasteiger partial charge in [-0.1, -0.05) is 0 Å². The van der Waals surface area contributed by atoms with Crippen LogP contribution in [0.3, 0.4) is 0 Å². The zero-order valence-corrected chi connectivity index (χ0v) is 10.3. The van der Waals surface area contributed by atoms with E-state index in [-0.39, 0.29) is 0 Å². The average molecular weight is 236 g/mol. The molecule has 0 saturated carbocycles. The van der Waals surface area contributed by atoms with Crippen LogP contribution in [0.2, 0.25) is 0 Å². The van der Waals surface area contributed by atoms with Crippen molar-refractivity contribution in [3.63, 3.8) is 0 Å². The van der Waals surface area contributed by atoms with E-state index in [0.29, 0.717) is 12.1 Å². The van der Waals surface area contributed by atoms with Gasteiger partial charge in [0.25, 0.3) is 0 Å². The lowest BCUT2D eigenvalue weighted by Gasteiger charge is -2.41. The van der Waals surface area contributed by atoms with Crippen LogP contribution in [-0.2, 0) is 4.74 Å². The second kappa shape index (κ2) is 4.31. The summed E-state index contributed by atoms with van der Waals surface area (Å²) < 4.78 is 7.35. The van der Waals surface area contributed by atoms with Gasteiger partial charge in [-0.25, -0.2) is 0 Å². The Balaban J connectivity index is 1.62. The highest BCUT2D eigenvalue weighted by atomic mass is 16.5. The molecule has 2 N–H and O–H groups in total. The standard InChI is InChI=1S/C12H20N4O/c1-9-12(13)6-14-16(9)10-2-4-15(5-3-10)11-7-17-8-11/h6,10-11H,2-5,7-8,13H2,1H3. The number of ether oxygens (including phenoxy) is 1. The predicted octanol–water partition coefficient (Wildman–Crippen LogP) is 0.809. The maximum atomic E-state index is 5.84. The second-order valence-electron chi connectivity index (χ2n) is 5.09. The Hall–Kier alpha value is -1.07. The molecule has 1 aromatic heterocycles. The smallest absolute Gasteiger partial charge is 0.0730 e. The van der Waals surface area contributed by atoms with Crippen LogP contribution in [0.5, 0.6) is 0 Å². The fourth-order valence-electron chi connectivity index (χ4n) is 2.73. The molecule has 0 aromatic carbocycles. The number of nitrogen functional groups attached to an aromatic ring is 1. The van der Waals surface area contributed by atoms with Gasteiger partial charge in [0.2, 0.25) is 0 Å². The van der Waals surface area contributed by atoms with Crippen LogP contribution in [0.1, 0.15) is 24.6 Å². The molecule has 0 spiro atoms. The van der Waals surface area contributed by atoms with Gasteiger partial charge < -0.3 is 10.5 Å². The summed E-state index contributed by atoms with van der Waals surface area (Å²) in [7, 11) is 0. The van der Waals surface area contributed by atoms with E-state index >= 15 is 0 Å². The lowest BCUT2D eigenvalue weighted by molar-refractivity contribution is -0.0735. The van der Waals surface area contributed by atoms with Crippen molar-refractivity contribution < 1.29 is 4.74 Å². The third-order valence-corrected chi connectivity index (χ3v) is 4.06. The Morgan fingerprint density at radius 1 is 1.29 bits per heavy atom. The molecule has 17 heavy (non-hydrogen) atoms. The van der Waals surface area contributed by atoms with Crippen LogP contribution in [0.25, 0.3) is 0 Å². The summed E-state index contributed by atoms with van der Waals surface area (Å²) in [5.41, 5.74) is 7.76. The van der Waals surface area contributed by atoms with Gasteiger partial charge in [-0.05, 0) is 19.8 Å². The SMILES string of the molecule is Cc1c(N)cnn1C1CCN(C2COC2)CC1. The fraction of sp³-hybridized carbons (Fsp3) is 0.750. The Kier molecular flexibility index (Phi) is 2.80. The molecule has 94 valence electrons. The highest BCUT2D eigenvalue weighted by Crippen LogP contribution is 2.27. The summed E-state index contributed by atoms with van der Waals surface area (Å²) in [6.07, 6.45) is 4.10. The van der Waals surface area contributed by atoms with Crippen LogP contribution in [0.15, 0.2) is 6.20 Å². The number of nitrogens with two attached hydrogens (primary N) is 1. The van der Waals surface area contributed by atoms with E-state index < -0.39 is 0 Å². The second-order valence-corrected chi connectivity index (χ2v) is 5.09. The molecule has 0 unspecified atom stereocenters. The molecule has 1 aromatic rings. The Labute approximate surface area is 102 Å². The van der Waals surface area contributed by atoms with Crippen LogP contribution in [0, 0.1) is 6.92 Å². The minimum atomic E-state index is 0.518. The topological polar surface area (TPSA) is 56.3 Å². The Morgan fingerprint density at radius 3 is 2.47 bits per heavy atom. The summed E-state index contributed by atoms with van der Waals surface area (Å²) in [5.74, 6) is 0. The number of aromatic nitrogens is 2. The number of piperidine rings is 1. The number of anilines is 1. The molecule has 0 atom stereocenters. The Bertz CT molecular complexity index is 391. The van der Waals surface area contributed by atoms with Crippen molar-refractivity contribution in [1.29, 1.82) is 0 Å². The fourth-order valence-corrected chi connectivity index (χ4v) is 2.73. The highest BCUT2D eigenvalue weighted by molar-refractivity contribution is 5.39. The van der Waals surface area contributed by atoms with Crippen LogP contribution < -0.4 is 5.73 Å². The molecule has 5 nitrogen and oxygen atoms in total. The quantitative estimate of drug-likeness (QED) is 0.825. The van der Waals surface area contributed by atoms with E-state index in [0.717, 1.165) is 37.7 Å². The van der Waals surface area contributed by atoms with E-state index in [1.165, 1.54) is 12.8 Å². The zero-order valence-electron chi connectivity index (χ0n) is 10.3. The first kappa shape index (κ1) is 11.0. The number of rotatable bonds is 2. The monoisotopic (exact) mass is 236 g/mol. The third kappa shape index (κ3) is 1.93. The minimum Gasteiger partial charge on any atom is -0.396 e. The lowest BCUT2D eigenvalue weighted by Crippen LogP contribution is -2.52. The van der Waals surface area contributed by atoms with Gasteiger partial charge in [-0.2, -0.15) is 5.10 Å². The first-order chi connectivity index (χ1) is 8.25. The van der Waals surface area contributed by atoms with Gasteiger partial charge in [0.15, 0.2) is 0 Å². The molecular formula is C12H20N4O. The highest BCUT2D eigenvalue weighted by Gasteiger charge is 2.30. The van der Waals surface area contributed by atoms with E-state index in [1.54, 1.807) is 6.20 Å². The molecule has 0 amide bonds. The molecule has 2 aliphatic heterocycles. The van der Waals surface area contributed by atoms with E-state index in [9.17, 15) is 0 Å². The van der Waals surface area contributed by atoms with Gasteiger partial charge in [-0.3, -0.25) is 9.58 Å². The number of likely N-dealkylation sites (tertiary alicyclic amines) is 1. The average Bonchev–Trinajstić information content (AvgIpc) is 2.59. The summed E-state index contributed by atoms with van der Waals surface area (Å²) in [6.45, 7) is 6.18.